The Balaban J connectivity index is 1.66. The number of hydrogen-bond donors (Lipinski definition) is 2. The highest BCUT2D eigenvalue weighted by Gasteiger charge is 2.37. The van der Waals surface area contributed by atoms with Crippen LogP contribution in [0, 0.1) is 10.1 Å². The molecule has 0 fully saturated rings. The Bertz CT molecular complexity index is 1420. The number of fused-ring (bicyclic) bond motifs is 1. The summed E-state index contributed by atoms with van der Waals surface area (Å²) in [4.78, 5) is 33.5. The van der Waals surface area contributed by atoms with Crippen LogP contribution in [0.2, 0.25) is 0 Å². The summed E-state index contributed by atoms with van der Waals surface area (Å²) >= 11 is 0. The van der Waals surface area contributed by atoms with Crippen LogP contribution in [0.25, 0.3) is 11.4 Å². The average Bonchev–Trinajstić information content (AvgIpc) is 3.28. The highest BCUT2D eigenvalue weighted by molar-refractivity contribution is 6.06. The molecule has 2 aromatic carbocycles. The number of nitrogens with one attached hydrogen (secondary N) is 2. The fraction of sp³-hybridized carbons (Fsp3) is 0.0833. The van der Waals surface area contributed by atoms with Crippen LogP contribution in [-0.4, -0.2) is 30.6 Å². The number of nitrogens with zero attached hydrogens (tertiary/aromatic N) is 5. The van der Waals surface area contributed by atoms with Gasteiger partial charge in [-0.3, -0.25) is 19.9 Å². The molecule has 0 spiro atoms. The Morgan fingerprint density at radius 1 is 1.09 bits per heavy atom. The molecule has 0 unspecified atom stereocenters. The maximum Gasteiger partial charge on any atom is 0.275 e. The number of hydrogen-bond acceptors (Lipinski definition) is 7. The van der Waals surface area contributed by atoms with Crippen LogP contribution in [-0.2, 0) is 4.79 Å². The van der Waals surface area contributed by atoms with E-state index in [1.807, 2.05) is 30.3 Å². The second-order valence-electron chi connectivity index (χ2n) is 7.65. The van der Waals surface area contributed by atoms with Gasteiger partial charge in [0.1, 0.15) is 6.04 Å². The van der Waals surface area contributed by atoms with E-state index in [4.69, 9.17) is 0 Å². The van der Waals surface area contributed by atoms with Gasteiger partial charge in [-0.25, -0.2) is 4.68 Å². The van der Waals surface area contributed by atoms with E-state index in [0.29, 0.717) is 28.7 Å². The van der Waals surface area contributed by atoms with Gasteiger partial charge in [-0.1, -0.05) is 42.5 Å². The summed E-state index contributed by atoms with van der Waals surface area (Å²) in [5.74, 6) is 0.398. The lowest BCUT2D eigenvalue weighted by Gasteiger charge is -2.28. The van der Waals surface area contributed by atoms with Gasteiger partial charge in [-0.2, -0.15) is 4.98 Å². The number of para-hydroxylation sites is 1. The fourth-order valence-corrected chi connectivity index (χ4v) is 3.96. The molecule has 4 aromatic rings. The molecule has 34 heavy (non-hydrogen) atoms. The van der Waals surface area contributed by atoms with Crippen LogP contribution in [0.15, 0.2) is 90.4 Å². The van der Waals surface area contributed by atoms with Gasteiger partial charge in [0.25, 0.3) is 11.6 Å². The molecular weight excluding hydrogens is 434 g/mol. The van der Waals surface area contributed by atoms with Crippen molar-refractivity contribution in [3.63, 3.8) is 0 Å². The topological polar surface area (TPSA) is 128 Å². The van der Waals surface area contributed by atoms with Crippen LogP contribution < -0.4 is 10.6 Å². The molecule has 1 atom stereocenters. The maximum absolute atomic E-state index is 13.5. The molecule has 10 heteroatoms. The summed E-state index contributed by atoms with van der Waals surface area (Å²) in [6.07, 6.45) is 3.13. The summed E-state index contributed by atoms with van der Waals surface area (Å²) < 4.78 is 1.52. The number of rotatable bonds is 5. The summed E-state index contributed by atoms with van der Waals surface area (Å²) in [5.41, 5.74) is 2.31. The zero-order chi connectivity index (χ0) is 23.7. The number of nitro benzene ring substituents is 1. The molecule has 3 heterocycles. The van der Waals surface area contributed by atoms with Crippen LogP contribution in [0.1, 0.15) is 18.5 Å². The summed E-state index contributed by atoms with van der Waals surface area (Å²) in [7, 11) is 0. The monoisotopic (exact) mass is 453 g/mol. The molecule has 2 N–H and O–H groups in total. The third-order valence-electron chi connectivity index (χ3n) is 5.48. The Morgan fingerprint density at radius 2 is 1.85 bits per heavy atom. The van der Waals surface area contributed by atoms with Crippen LogP contribution in [0.3, 0.4) is 0 Å². The van der Waals surface area contributed by atoms with Crippen LogP contribution in [0.4, 0.5) is 17.3 Å². The SMILES string of the molecule is CC1=C(C(=O)Nc2cccnc2)[C@@H](c2ccccc2[N+](=O)[O-])n2nc(-c3ccccc3)nc2N1. The van der Waals surface area contributed by atoms with Gasteiger partial charge in [-0.15, -0.1) is 5.10 Å². The van der Waals surface area contributed by atoms with Gasteiger partial charge in [-0.05, 0) is 25.1 Å². The molecule has 2 aromatic heterocycles. The molecule has 0 aliphatic carbocycles. The molecule has 1 amide bonds. The summed E-state index contributed by atoms with van der Waals surface area (Å²) in [6, 6.07) is 18.3. The highest BCUT2D eigenvalue weighted by Crippen LogP contribution is 2.40. The number of aromatic nitrogens is 4. The van der Waals surface area contributed by atoms with Gasteiger partial charge >= 0.3 is 0 Å². The fourth-order valence-electron chi connectivity index (χ4n) is 3.96. The molecule has 0 saturated carbocycles. The highest BCUT2D eigenvalue weighted by atomic mass is 16.6. The van der Waals surface area contributed by atoms with E-state index in [-0.39, 0.29) is 11.3 Å². The van der Waals surface area contributed by atoms with Gasteiger partial charge in [0, 0.05) is 23.5 Å². The minimum Gasteiger partial charge on any atom is -0.328 e. The summed E-state index contributed by atoms with van der Waals surface area (Å²) in [6.45, 7) is 1.74. The molecular formula is C24H19N7O3. The van der Waals surface area contributed by atoms with E-state index < -0.39 is 16.9 Å². The van der Waals surface area contributed by atoms with E-state index in [2.05, 4.69) is 25.7 Å². The Labute approximate surface area is 194 Å². The van der Waals surface area contributed by atoms with Crippen molar-refractivity contribution in [3.8, 4) is 11.4 Å². The van der Waals surface area contributed by atoms with Gasteiger partial charge in [0.2, 0.25) is 5.95 Å². The minimum atomic E-state index is -0.875. The van der Waals surface area contributed by atoms with Gasteiger partial charge in [0.05, 0.1) is 27.9 Å². The van der Waals surface area contributed by atoms with Crippen molar-refractivity contribution in [2.45, 2.75) is 13.0 Å². The van der Waals surface area contributed by atoms with Crippen molar-refractivity contribution in [2.75, 3.05) is 10.6 Å². The average molecular weight is 453 g/mol. The van der Waals surface area contributed by atoms with Crippen molar-refractivity contribution in [3.05, 3.63) is 106 Å². The third kappa shape index (κ3) is 3.77. The predicted octanol–water partition coefficient (Wildman–Crippen LogP) is 4.18. The lowest BCUT2D eigenvalue weighted by atomic mass is 9.93. The molecule has 1 aliphatic heterocycles. The standard InChI is InChI=1S/C24H19N7O3/c1-15-20(23(32)27-17-10-7-13-25-14-17)21(18-11-5-6-12-19(18)31(33)34)30-24(26-15)28-22(29-30)16-8-3-2-4-9-16/h2-14,21H,1H3,(H,27,32)(H,26,28,29)/t21-/m1/s1. The number of carbonyl (C=O) groups is 1. The first kappa shape index (κ1) is 21.0. The first-order valence-corrected chi connectivity index (χ1v) is 10.5. The van der Waals surface area contributed by atoms with Crippen molar-refractivity contribution >= 4 is 23.2 Å². The van der Waals surface area contributed by atoms with Crippen molar-refractivity contribution in [1.82, 2.24) is 19.7 Å². The Hall–Kier alpha value is -4.86. The van der Waals surface area contributed by atoms with E-state index >= 15 is 0 Å². The van der Waals surface area contributed by atoms with Crippen LogP contribution >= 0.6 is 0 Å². The van der Waals surface area contributed by atoms with E-state index in [1.165, 1.54) is 16.9 Å². The second-order valence-corrected chi connectivity index (χ2v) is 7.65. The summed E-state index contributed by atoms with van der Waals surface area (Å²) in [5, 5.41) is 22.5. The molecule has 168 valence electrons. The number of amides is 1. The number of anilines is 2. The van der Waals surface area contributed by atoms with E-state index in [1.54, 1.807) is 43.5 Å². The molecule has 1 aliphatic rings. The molecule has 5 rings (SSSR count). The maximum atomic E-state index is 13.5. The van der Waals surface area contributed by atoms with Gasteiger partial charge < -0.3 is 10.6 Å². The van der Waals surface area contributed by atoms with Crippen molar-refractivity contribution < 1.29 is 9.72 Å². The Morgan fingerprint density at radius 3 is 2.59 bits per heavy atom. The zero-order valence-electron chi connectivity index (χ0n) is 18.0. The number of carbonyl (C=O) groups excluding carboxylic acids is 1. The quantitative estimate of drug-likeness (QED) is 0.343. The second kappa shape index (κ2) is 8.58. The normalized spacial score (nSPS) is 14.8. The number of benzene rings is 2. The number of nitro groups is 1. The van der Waals surface area contributed by atoms with Crippen molar-refractivity contribution in [2.24, 2.45) is 0 Å². The smallest absolute Gasteiger partial charge is 0.275 e. The first-order chi connectivity index (χ1) is 16.5. The van der Waals surface area contributed by atoms with E-state index in [0.717, 1.165) is 5.56 Å². The Kier molecular flexibility index (Phi) is 5.30. The largest absolute Gasteiger partial charge is 0.328 e. The number of allylic oxidation sites excluding steroid dienone is 1. The molecule has 10 nitrogen and oxygen atoms in total. The van der Waals surface area contributed by atoms with Crippen molar-refractivity contribution in [1.29, 1.82) is 0 Å². The lowest BCUT2D eigenvalue weighted by Crippen LogP contribution is -2.32. The first-order valence-electron chi connectivity index (χ1n) is 10.5. The zero-order valence-corrected chi connectivity index (χ0v) is 18.0. The van der Waals surface area contributed by atoms with E-state index in [9.17, 15) is 14.9 Å². The van der Waals surface area contributed by atoms with Crippen LogP contribution in [0.5, 0.6) is 0 Å². The molecule has 0 bridgehead atoms. The lowest BCUT2D eigenvalue weighted by molar-refractivity contribution is -0.385. The third-order valence-corrected chi connectivity index (χ3v) is 5.48. The van der Waals surface area contributed by atoms with Gasteiger partial charge in [0.15, 0.2) is 5.82 Å². The molecule has 0 saturated heterocycles. The predicted molar refractivity (Wildman–Crippen MR) is 126 cm³/mol. The molecule has 0 radical (unpaired) electrons. The number of pyridine rings is 1. The minimum absolute atomic E-state index is 0.114.